The molecule has 2 aromatic rings. The topological polar surface area (TPSA) is 22.1 Å². The van der Waals surface area contributed by atoms with Crippen LogP contribution in [-0.2, 0) is 0 Å². The van der Waals surface area contributed by atoms with E-state index < -0.39 is 0 Å². The third-order valence-electron chi connectivity index (χ3n) is 2.48. The van der Waals surface area contributed by atoms with Crippen LogP contribution in [0.1, 0.15) is 12.6 Å². The van der Waals surface area contributed by atoms with Gasteiger partial charge in [-0.2, -0.15) is 0 Å². The van der Waals surface area contributed by atoms with Gasteiger partial charge in [0.15, 0.2) is 0 Å². The predicted octanol–water partition coefficient (Wildman–Crippen LogP) is 4.83. The van der Waals surface area contributed by atoms with Crippen molar-refractivity contribution in [3.05, 3.63) is 45.5 Å². The maximum Gasteiger partial charge on any atom is 0.131 e. The Labute approximate surface area is 120 Å². The van der Waals surface area contributed by atoms with Gasteiger partial charge in [-0.3, -0.25) is 4.98 Å². The van der Waals surface area contributed by atoms with Gasteiger partial charge in [0.2, 0.25) is 0 Å². The van der Waals surface area contributed by atoms with Gasteiger partial charge < -0.3 is 4.74 Å². The normalized spacial score (nSPS) is 11.9. The van der Waals surface area contributed by atoms with Crippen molar-refractivity contribution in [3.63, 3.8) is 0 Å². The van der Waals surface area contributed by atoms with E-state index in [0.29, 0.717) is 6.61 Å². The summed E-state index contributed by atoms with van der Waals surface area (Å²) in [6.45, 7) is 4.24. The molecule has 1 aromatic carbocycles. The molecule has 0 saturated carbocycles. The van der Waals surface area contributed by atoms with Crippen molar-refractivity contribution in [2.24, 2.45) is 0 Å². The highest BCUT2D eigenvalue weighted by molar-refractivity contribution is 9.10. The Morgan fingerprint density at radius 1 is 1.50 bits per heavy atom. The molecular weight excluding hydrogens is 314 g/mol. The van der Waals surface area contributed by atoms with Crippen LogP contribution < -0.4 is 4.74 Å². The first-order valence-electron chi connectivity index (χ1n) is 5.59. The summed E-state index contributed by atoms with van der Waals surface area (Å²) in [5.74, 6) is 0.827. The Hall–Kier alpha value is -1.06. The van der Waals surface area contributed by atoms with E-state index in [1.54, 1.807) is 0 Å². The quantitative estimate of drug-likeness (QED) is 0.806. The molecule has 4 heteroatoms. The van der Waals surface area contributed by atoms with Crippen LogP contribution in [0.3, 0.4) is 0 Å². The summed E-state index contributed by atoms with van der Waals surface area (Å²) in [6, 6.07) is 7.88. The van der Waals surface area contributed by atoms with Gasteiger partial charge in [-0.25, -0.2) is 0 Å². The zero-order valence-electron chi connectivity index (χ0n) is 10.2. The highest BCUT2D eigenvalue weighted by atomic mass is 79.9. The molecule has 0 spiro atoms. The number of hydrogen-bond donors (Lipinski definition) is 0. The standard InChI is InChI=1S/C14H13BrClNO/c1-9(16)6-7-18-13-8-10(2)17-14-11(13)4-3-5-12(14)15/h3-6,8H,7H2,1-2H3/b9-6+. The molecule has 2 nitrogen and oxygen atoms in total. The lowest BCUT2D eigenvalue weighted by atomic mass is 10.2. The van der Waals surface area contributed by atoms with Crippen LogP contribution in [0.15, 0.2) is 39.8 Å². The van der Waals surface area contributed by atoms with Crippen molar-refractivity contribution >= 4 is 38.4 Å². The molecule has 0 atom stereocenters. The molecule has 0 N–H and O–H groups in total. The van der Waals surface area contributed by atoms with Crippen molar-refractivity contribution in [3.8, 4) is 5.75 Å². The van der Waals surface area contributed by atoms with Crippen LogP contribution in [0.2, 0.25) is 0 Å². The van der Waals surface area contributed by atoms with E-state index >= 15 is 0 Å². The van der Waals surface area contributed by atoms with Crippen molar-refractivity contribution in [2.75, 3.05) is 6.61 Å². The predicted molar refractivity (Wildman–Crippen MR) is 79.3 cm³/mol. The van der Waals surface area contributed by atoms with Crippen LogP contribution in [0.25, 0.3) is 10.9 Å². The number of allylic oxidation sites excluding steroid dienone is 1. The van der Waals surface area contributed by atoms with Crippen LogP contribution >= 0.6 is 27.5 Å². The van der Waals surface area contributed by atoms with Gasteiger partial charge in [0.05, 0.1) is 5.52 Å². The van der Waals surface area contributed by atoms with Gasteiger partial charge in [-0.15, -0.1) is 0 Å². The smallest absolute Gasteiger partial charge is 0.131 e. The Bertz CT molecular complexity index is 606. The first-order valence-corrected chi connectivity index (χ1v) is 6.76. The molecule has 18 heavy (non-hydrogen) atoms. The van der Waals surface area contributed by atoms with E-state index in [4.69, 9.17) is 16.3 Å². The van der Waals surface area contributed by atoms with Crippen molar-refractivity contribution in [2.45, 2.75) is 13.8 Å². The summed E-state index contributed by atoms with van der Waals surface area (Å²) in [6.07, 6.45) is 1.83. The Kier molecular flexibility index (Phi) is 4.25. The lowest BCUT2D eigenvalue weighted by Gasteiger charge is -2.09. The van der Waals surface area contributed by atoms with Crippen LogP contribution in [0, 0.1) is 6.92 Å². The van der Waals surface area contributed by atoms with Crippen LogP contribution in [-0.4, -0.2) is 11.6 Å². The van der Waals surface area contributed by atoms with E-state index in [0.717, 1.165) is 31.9 Å². The van der Waals surface area contributed by atoms with Crippen molar-refractivity contribution in [1.29, 1.82) is 0 Å². The fraction of sp³-hybridized carbons (Fsp3) is 0.214. The maximum atomic E-state index is 5.78. The summed E-state index contributed by atoms with van der Waals surface area (Å²) >= 11 is 9.29. The zero-order valence-corrected chi connectivity index (χ0v) is 12.5. The lowest BCUT2D eigenvalue weighted by molar-refractivity contribution is 0.366. The number of aromatic nitrogens is 1. The highest BCUT2D eigenvalue weighted by Crippen LogP contribution is 2.30. The molecule has 1 aromatic heterocycles. The fourth-order valence-corrected chi connectivity index (χ4v) is 2.19. The van der Waals surface area contributed by atoms with Gasteiger partial charge >= 0.3 is 0 Å². The van der Waals surface area contributed by atoms with Crippen LogP contribution in [0.4, 0.5) is 0 Å². The van der Waals surface area contributed by atoms with Crippen molar-refractivity contribution < 1.29 is 4.74 Å². The van der Waals surface area contributed by atoms with Gasteiger partial charge in [-0.05, 0) is 48.0 Å². The molecular formula is C14H13BrClNO. The fourth-order valence-electron chi connectivity index (χ4n) is 1.67. The molecule has 0 bridgehead atoms. The zero-order chi connectivity index (χ0) is 13.1. The second-order valence-electron chi connectivity index (χ2n) is 4.00. The summed E-state index contributed by atoms with van der Waals surface area (Å²) in [5.41, 5.74) is 1.84. The third kappa shape index (κ3) is 3.03. The number of rotatable bonds is 3. The molecule has 0 aliphatic rings. The molecule has 0 aliphatic carbocycles. The van der Waals surface area contributed by atoms with E-state index in [2.05, 4.69) is 20.9 Å². The third-order valence-corrected chi connectivity index (χ3v) is 3.28. The molecule has 0 unspecified atom stereocenters. The second-order valence-corrected chi connectivity index (χ2v) is 5.45. The SMILES string of the molecule is C/C(Cl)=C\COc1cc(C)nc2c(Br)cccc12. The molecule has 2 rings (SSSR count). The summed E-state index contributed by atoms with van der Waals surface area (Å²) in [5, 5.41) is 1.72. The minimum absolute atomic E-state index is 0.459. The summed E-state index contributed by atoms with van der Waals surface area (Å²) in [4.78, 5) is 4.51. The number of ether oxygens (including phenoxy) is 1. The molecule has 0 fully saturated rings. The number of nitrogens with zero attached hydrogens (tertiary/aromatic N) is 1. The minimum Gasteiger partial charge on any atom is -0.489 e. The number of benzene rings is 1. The van der Waals surface area contributed by atoms with Gasteiger partial charge in [0.25, 0.3) is 0 Å². The first kappa shape index (κ1) is 13.4. The highest BCUT2D eigenvalue weighted by Gasteiger charge is 2.07. The lowest BCUT2D eigenvalue weighted by Crippen LogP contribution is -1.97. The largest absolute Gasteiger partial charge is 0.489 e. The average molecular weight is 327 g/mol. The Morgan fingerprint density at radius 2 is 2.28 bits per heavy atom. The number of para-hydroxylation sites is 1. The monoisotopic (exact) mass is 325 g/mol. The molecule has 94 valence electrons. The number of pyridine rings is 1. The van der Waals surface area contributed by atoms with Gasteiger partial charge in [0, 0.05) is 26.7 Å². The number of hydrogen-bond acceptors (Lipinski definition) is 2. The Balaban J connectivity index is 2.43. The van der Waals surface area contributed by atoms with E-state index in [9.17, 15) is 0 Å². The summed E-state index contributed by atoms with van der Waals surface area (Å²) in [7, 11) is 0. The number of halogens is 2. The molecule has 0 saturated heterocycles. The van der Waals surface area contributed by atoms with Gasteiger partial charge in [-0.1, -0.05) is 17.7 Å². The maximum absolute atomic E-state index is 5.78. The molecule has 0 aliphatic heterocycles. The molecule has 1 heterocycles. The number of fused-ring (bicyclic) bond motifs is 1. The van der Waals surface area contributed by atoms with Gasteiger partial charge in [0.1, 0.15) is 12.4 Å². The molecule has 0 amide bonds. The first-order chi connectivity index (χ1) is 8.58. The average Bonchev–Trinajstić information content (AvgIpc) is 2.30. The summed E-state index contributed by atoms with van der Waals surface area (Å²) < 4.78 is 6.71. The minimum atomic E-state index is 0.459. The van der Waals surface area contributed by atoms with Crippen LogP contribution in [0.5, 0.6) is 5.75 Å². The number of aryl methyl sites for hydroxylation is 1. The Morgan fingerprint density at radius 3 is 3.00 bits per heavy atom. The molecule has 0 radical (unpaired) electrons. The second kappa shape index (κ2) is 5.72. The van der Waals surface area contributed by atoms with E-state index in [1.165, 1.54) is 0 Å². The van der Waals surface area contributed by atoms with E-state index in [-0.39, 0.29) is 0 Å². The van der Waals surface area contributed by atoms with Crippen molar-refractivity contribution in [1.82, 2.24) is 4.98 Å². The van der Waals surface area contributed by atoms with E-state index in [1.807, 2.05) is 44.2 Å².